The van der Waals surface area contributed by atoms with E-state index < -0.39 is 4.92 Å². The highest BCUT2D eigenvalue weighted by atomic mass is 16.6. The number of nitro groups is 1. The summed E-state index contributed by atoms with van der Waals surface area (Å²) in [5.74, 6) is 0.499. The number of hydrogen-bond acceptors (Lipinski definition) is 5. The number of nitrogens with zero attached hydrogens (tertiary/aromatic N) is 2. The summed E-state index contributed by atoms with van der Waals surface area (Å²) in [6, 6.07) is 6.23. The summed E-state index contributed by atoms with van der Waals surface area (Å²) >= 11 is 0. The van der Waals surface area contributed by atoms with Crippen LogP contribution in [-0.2, 0) is 0 Å². The zero-order valence-electron chi connectivity index (χ0n) is 8.51. The minimum Gasteiger partial charge on any atom is -0.381 e. The molecule has 6 heteroatoms. The van der Waals surface area contributed by atoms with E-state index in [9.17, 15) is 10.1 Å². The summed E-state index contributed by atoms with van der Waals surface area (Å²) in [6.07, 6.45) is 0. The number of nitrogen functional groups attached to an aromatic ring is 1. The van der Waals surface area contributed by atoms with Gasteiger partial charge in [-0.2, -0.15) is 0 Å². The van der Waals surface area contributed by atoms with Gasteiger partial charge in [0.15, 0.2) is 11.6 Å². The molecule has 1 aromatic heterocycles. The maximum Gasteiger partial charge on any atom is 0.280 e. The number of nitro benzene ring substituents is 1. The number of rotatable bonds is 2. The van der Waals surface area contributed by atoms with Crippen molar-refractivity contribution in [2.75, 3.05) is 5.73 Å². The smallest absolute Gasteiger partial charge is 0.280 e. The van der Waals surface area contributed by atoms with Crippen LogP contribution in [-0.4, -0.2) is 10.1 Å². The van der Waals surface area contributed by atoms with Gasteiger partial charge in [-0.3, -0.25) is 10.1 Å². The molecule has 2 N–H and O–H groups in total. The first-order chi connectivity index (χ1) is 7.58. The van der Waals surface area contributed by atoms with E-state index in [-0.39, 0.29) is 11.5 Å². The fourth-order valence-electron chi connectivity index (χ4n) is 1.42. The van der Waals surface area contributed by atoms with Gasteiger partial charge in [0.1, 0.15) is 0 Å². The first kappa shape index (κ1) is 10.2. The van der Waals surface area contributed by atoms with E-state index in [2.05, 4.69) is 5.16 Å². The van der Waals surface area contributed by atoms with Crippen LogP contribution in [0.5, 0.6) is 0 Å². The summed E-state index contributed by atoms with van der Waals surface area (Å²) in [5.41, 5.74) is 6.66. The first-order valence-corrected chi connectivity index (χ1v) is 4.55. The maximum atomic E-state index is 10.8. The molecule has 0 unspecified atom stereocenters. The van der Waals surface area contributed by atoms with Crippen LogP contribution in [0.25, 0.3) is 11.3 Å². The molecule has 0 fully saturated rings. The van der Waals surface area contributed by atoms with Gasteiger partial charge < -0.3 is 10.3 Å². The lowest BCUT2D eigenvalue weighted by Crippen LogP contribution is -1.91. The Kier molecular flexibility index (Phi) is 2.32. The minimum absolute atomic E-state index is 0.0262. The Morgan fingerprint density at radius 3 is 2.75 bits per heavy atom. The zero-order chi connectivity index (χ0) is 11.7. The van der Waals surface area contributed by atoms with E-state index in [0.717, 1.165) is 5.56 Å². The Morgan fingerprint density at radius 1 is 1.44 bits per heavy atom. The van der Waals surface area contributed by atoms with E-state index >= 15 is 0 Å². The third-order valence-corrected chi connectivity index (χ3v) is 2.14. The molecule has 82 valence electrons. The highest BCUT2D eigenvalue weighted by Crippen LogP contribution is 2.31. The maximum absolute atomic E-state index is 10.8. The Hall–Kier alpha value is -2.37. The van der Waals surface area contributed by atoms with Crippen LogP contribution >= 0.6 is 0 Å². The van der Waals surface area contributed by atoms with Crippen LogP contribution in [0.3, 0.4) is 0 Å². The molecule has 0 aliphatic heterocycles. The zero-order valence-corrected chi connectivity index (χ0v) is 8.51. The summed E-state index contributed by atoms with van der Waals surface area (Å²) in [4.78, 5) is 10.4. The molecule has 0 aliphatic carbocycles. The van der Waals surface area contributed by atoms with Crippen molar-refractivity contribution in [3.05, 3.63) is 39.9 Å². The lowest BCUT2D eigenvalue weighted by atomic mass is 10.1. The van der Waals surface area contributed by atoms with Crippen molar-refractivity contribution < 1.29 is 9.45 Å². The quantitative estimate of drug-likeness (QED) is 0.616. The second-order valence-corrected chi connectivity index (χ2v) is 3.39. The van der Waals surface area contributed by atoms with Crippen molar-refractivity contribution in [3.63, 3.8) is 0 Å². The van der Waals surface area contributed by atoms with Gasteiger partial charge in [0, 0.05) is 12.1 Å². The molecule has 1 aromatic carbocycles. The number of benzene rings is 1. The van der Waals surface area contributed by atoms with Gasteiger partial charge in [-0.1, -0.05) is 11.2 Å². The molecule has 1 heterocycles. The Bertz CT molecular complexity index is 548. The number of nitrogens with two attached hydrogens (primary N) is 1. The standard InChI is InChI=1S/C10H9N3O3/c1-6-2-3-8(13(14)15)7(4-6)9-5-10(11)12-16-9/h2-5H,1H3,(H2,11,12). The molecule has 0 saturated heterocycles. The molecule has 16 heavy (non-hydrogen) atoms. The molecule has 0 radical (unpaired) electrons. The van der Waals surface area contributed by atoms with E-state index in [1.807, 2.05) is 6.92 Å². The largest absolute Gasteiger partial charge is 0.381 e. The van der Waals surface area contributed by atoms with Gasteiger partial charge in [-0.05, 0) is 18.6 Å². The number of anilines is 1. The topological polar surface area (TPSA) is 95.2 Å². The van der Waals surface area contributed by atoms with Crippen molar-refractivity contribution in [2.45, 2.75) is 6.92 Å². The lowest BCUT2D eigenvalue weighted by molar-refractivity contribution is -0.384. The van der Waals surface area contributed by atoms with E-state index in [1.165, 1.54) is 12.1 Å². The first-order valence-electron chi connectivity index (χ1n) is 4.55. The van der Waals surface area contributed by atoms with Gasteiger partial charge in [0.05, 0.1) is 10.5 Å². The van der Waals surface area contributed by atoms with Gasteiger partial charge in [0.25, 0.3) is 5.69 Å². The molecule has 2 rings (SSSR count). The van der Waals surface area contributed by atoms with Crippen molar-refractivity contribution in [1.82, 2.24) is 5.16 Å². The van der Waals surface area contributed by atoms with Crippen molar-refractivity contribution in [3.8, 4) is 11.3 Å². The monoisotopic (exact) mass is 219 g/mol. The van der Waals surface area contributed by atoms with Gasteiger partial charge in [0.2, 0.25) is 0 Å². The molecule has 0 spiro atoms. The second-order valence-electron chi connectivity index (χ2n) is 3.39. The van der Waals surface area contributed by atoms with Crippen molar-refractivity contribution in [1.29, 1.82) is 0 Å². The number of aromatic nitrogens is 1. The van der Waals surface area contributed by atoms with Crippen molar-refractivity contribution in [2.24, 2.45) is 0 Å². The van der Waals surface area contributed by atoms with Crippen molar-refractivity contribution >= 4 is 11.5 Å². The average Bonchev–Trinajstić information content (AvgIpc) is 2.64. The SMILES string of the molecule is Cc1ccc([N+](=O)[O-])c(-c2cc(N)no2)c1. The average molecular weight is 219 g/mol. The van der Waals surface area contributed by atoms with Crippen LogP contribution in [0.15, 0.2) is 28.8 Å². The summed E-state index contributed by atoms with van der Waals surface area (Å²) in [7, 11) is 0. The van der Waals surface area contributed by atoms with Crippen LogP contribution in [0.2, 0.25) is 0 Å². The van der Waals surface area contributed by atoms with Crippen LogP contribution in [0.4, 0.5) is 11.5 Å². The minimum atomic E-state index is -0.465. The number of aryl methyl sites for hydroxylation is 1. The predicted octanol–water partition coefficient (Wildman–Crippen LogP) is 2.14. The summed E-state index contributed by atoms with van der Waals surface area (Å²) in [6.45, 7) is 1.84. The van der Waals surface area contributed by atoms with E-state index in [4.69, 9.17) is 10.3 Å². The lowest BCUT2D eigenvalue weighted by Gasteiger charge is -1.99. The molecule has 2 aromatic rings. The molecular formula is C10H9N3O3. The second kappa shape index (κ2) is 3.65. The van der Waals surface area contributed by atoms with Crippen LogP contribution in [0.1, 0.15) is 5.56 Å². The molecule has 0 saturated carbocycles. The Morgan fingerprint density at radius 2 is 2.19 bits per heavy atom. The Balaban J connectivity index is 2.62. The summed E-state index contributed by atoms with van der Waals surface area (Å²) < 4.78 is 4.92. The fraction of sp³-hybridized carbons (Fsp3) is 0.100. The van der Waals surface area contributed by atoms with E-state index in [1.54, 1.807) is 12.1 Å². The number of hydrogen-bond donors (Lipinski definition) is 1. The third-order valence-electron chi connectivity index (χ3n) is 2.14. The fourth-order valence-corrected chi connectivity index (χ4v) is 1.42. The van der Waals surface area contributed by atoms with Gasteiger partial charge >= 0.3 is 0 Å². The van der Waals surface area contributed by atoms with Gasteiger partial charge in [-0.25, -0.2) is 0 Å². The predicted molar refractivity (Wildman–Crippen MR) is 57.7 cm³/mol. The highest BCUT2D eigenvalue weighted by molar-refractivity contribution is 5.71. The van der Waals surface area contributed by atoms with E-state index in [0.29, 0.717) is 11.3 Å². The molecule has 0 aliphatic rings. The highest BCUT2D eigenvalue weighted by Gasteiger charge is 2.18. The van der Waals surface area contributed by atoms with Crippen LogP contribution < -0.4 is 5.73 Å². The normalized spacial score (nSPS) is 10.3. The van der Waals surface area contributed by atoms with Gasteiger partial charge in [-0.15, -0.1) is 0 Å². The summed E-state index contributed by atoms with van der Waals surface area (Å²) in [5, 5.41) is 14.3. The Labute approximate surface area is 90.8 Å². The van der Waals surface area contributed by atoms with Crippen LogP contribution in [0, 0.1) is 17.0 Å². The molecule has 0 atom stereocenters. The molecule has 0 bridgehead atoms. The molecule has 0 amide bonds. The molecular weight excluding hydrogens is 210 g/mol. The molecule has 6 nitrogen and oxygen atoms in total. The third kappa shape index (κ3) is 1.72.